The Morgan fingerprint density at radius 2 is 2.37 bits per heavy atom. The van der Waals surface area contributed by atoms with Crippen LogP contribution in [0.15, 0.2) is 17.2 Å². The molecule has 0 aliphatic carbocycles. The van der Waals surface area contributed by atoms with E-state index in [-0.39, 0.29) is 28.3 Å². The minimum absolute atomic E-state index is 0.0109. The van der Waals surface area contributed by atoms with Crippen LogP contribution in [0.25, 0.3) is 0 Å². The number of nitrogens with one attached hydrogen (secondary N) is 1. The van der Waals surface area contributed by atoms with Gasteiger partial charge in [-0.25, -0.2) is 19.2 Å². The zero-order valence-corrected chi connectivity index (χ0v) is 11.7. The van der Waals surface area contributed by atoms with Crippen LogP contribution in [0.1, 0.15) is 6.42 Å². The molecule has 0 amide bonds. The molecule has 0 bridgehead atoms. The summed E-state index contributed by atoms with van der Waals surface area (Å²) in [5, 5.41) is 9.20. The lowest BCUT2D eigenvalue weighted by molar-refractivity contribution is 0.233. The molecule has 1 aromatic rings. The number of rotatable bonds is 4. The number of hydrogen-bond donors (Lipinski definition) is 3. The van der Waals surface area contributed by atoms with Crippen LogP contribution in [0, 0.1) is 5.92 Å². The van der Waals surface area contributed by atoms with Crippen molar-refractivity contribution in [1.82, 2.24) is 9.29 Å². The first-order valence-electron chi connectivity index (χ1n) is 5.72. The number of nitrogen functional groups attached to an aromatic ring is 1. The molecule has 1 aliphatic rings. The van der Waals surface area contributed by atoms with Crippen molar-refractivity contribution in [3.05, 3.63) is 17.3 Å². The van der Waals surface area contributed by atoms with Crippen molar-refractivity contribution < 1.29 is 13.5 Å². The number of aromatic nitrogens is 1. The fourth-order valence-corrected chi connectivity index (χ4v) is 3.77. The summed E-state index contributed by atoms with van der Waals surface area (Å²) in [5.74, 6) is 5.39. The zero-order valence-electron chi connectivity index (χ0n) is 10.1. The van der Waals surface area contributed by atoms with Crippen LogP contribution in [0.2, 0.25) is 5.02 Å². The van der Waals surface area contributed by atoms with Crippen molar-refractivity contribution in [2.75, 3.05) is 25.1 Å². The van der Waals surface area contributed by atoms with Gasteiger partial charge in [0.05, 0.1) is 5.02 Å². The van der Waals surface area contributed by atoms with E-state index in [0.29, 0.717) is 19.5 Å². The van der Waals surface area contributed by atoms with E-state index in [4.69, 9.17) is 22.6 Å². The van der Waals surface area contributed by atoms with Gasteiger partial charge in [-0.05, 0) is 18.4 Å². The number of hydrazine groups is 1. The van der Waals surface area contributed by atoms with Crippen LogP contribution in [0.3, 0.4) is 0 Å². The number of pyridine rings is 1. The second-order valence-electron chi connectivity index (χ2n) is 4.35. The van der Waals surface area contributed by atoms with E-state index in [1.165, 1.54) is 16.6 Å². The Morgan fingerprint density at radius 3 is 2.89 bits per heavy atom. The summed E-state index contributed by atoms with van der Waals surface area (Å²) in [7, 11) is -3.62. The SMILES string of the molecule is NNc1ncc(S(=O)(=O)N2CCC(CO)C2)cc1Cl. The van der Waals surface area contributed by atoms with Gasteiger partial charge in [-0.2, -0.15) is 4.31 Å². The van der Waals surface area contributed by atoms with E-state index in [2.05, 4.69) is 10.4 Å². The van der Waals surface area contributed by atoms with Gasteiger partial charge in [0.1, 0.15) is 4.90 Å². The molecule has 0 saturated carbocycles. The summed E-state index contributed by atoms with van der Waals surface area (Å²) >= 11 is 5.87. The average Bonchev–Trinajstić information content (AvgIpc) is 2.88. The second kappa shape index (κ2) is 5.59. The highest BCUT2D eigenvalue weighted by Crippen LogP contribution is 2.27. The van der Waals surface area contributed by atoms with Gasteiger partial charge in [-0.15, -0.1) is 0 Å². The normalized spacial score (nSPS) is 20.7. The lowest BCUT2D eigenvalue weighted by Crippen LogP contribution is -2.29. The first kappa shape index (κ1) is 14.5. The number of aliphatic hydroxyl groups is 1. The molecule has 1 atom stereocenters. The molecule has 4 N–H and O–H groups in total. The van der Waals surface area contributed by atoms with Crippen LogP contribution in [-0.2, 0) is 10.0 Å². The average molecular weight is 307 g/mol. The number of sulfonamides is 1. The summed E-state index contributed by atoms with van der Waals surface area (Å²) in [6.07, 6.45) is 1.86. The number of aliphatic hydroxyl groups excluding tert-OH is 1. The molecule has 1 unspecified atom stereocenters. The first-order valence-corrected chi connectivity index (χ1v) is 7.54. The quantitative estimate of drug-likeness (QED) is 0.535. The van der Waals surface area contributed by atoms with Crippen LogP contribution in [0.4, 0.5) is 5.82 Å². The smallest absolute Gasteiger partial charge is 0.244 e. The van der Waals surface area contributed by atoms with Crippen LogP contribution in [-0.4, -0.2) is 42.5 Å². The molecule has 2 heterocycles. The summed E-state index contributed by atoms with van der Waals surface area (Å²) < 4.78 is 26.0. The number of hydrogen-bond acceptors (Lipinski definition) is 6. The summed E-state index contributed by atoms with van der Waals surface area (Å²) in [5.41, 5.74) is 2.28. The molecule has 0 spiro atoms. The first-order chi connectivity index (χ1) is 8.98. The molecule has 1 fully saturated rings. The van der Waals surface area contributed by atoms with E-state index in [1.54, 1.807) is 0 Å². The van der Waals surface area contributed by atoms with Crippen LogP contribution in [0.5, 0.6) is 0 Å². The van der Waals surface area contributed by atoms with Gasteiger partial charge in [0.25, 0.3) is 0 Å². The predicted octanol–water partition coefficient (Wildman–Crippen LogP) is 0.0235. The fourth-order valence-electron chi connectivity index (χ4n) is 1.98. The Hall–Kier alpha value is -0.930. The molecule has 2 rings (SSSR count). The van der Waals surface area contributed by atoms with E-state index in [1.807, 2.05) is 0 Å². The van der Waals surface area contributed by atoms with E-state index in [9.17, 15) is 8.42 Å². The minimum atomic E-state index is -3.62. The summed E-state index contributed by atoms with van der Waals surface area (Å²) in [6.45, 7) is 0.691. The number of nitrogens with two attached hydrogens (primary N) is 1. The highest BCUT2D eigenvalue weighted by atomic mass is 35.5. The van der Waals surface area contributed by atoms with Gasteiger partial charge in [-0.1, -0.05) is 11.6 Å². The van der Waals surface area contributed by atoms with Crippen LogP contribution >= 0.6 is 11.6 Å². The summed E-state index contributed by atoms with van der Waals surface area (Å²) in [6, 6.07) is 1.31. The van der Waals surface area contributed by atoms with E-state index >= 15 is 0 Å². The van der Waals surface area contributed by atoms with Gasteiger partial charge in [0.2, 0.25) is 10.0 Å². The lowest BCUT2D eigenvalue weighted by atomic mass is 10.1. The molecule has 1 aromatic heterocycles. The molecule has 19 heavy (non-hydrogen) atoms. The molecule has 0 radical (unpaired) electrons. The van der Waals surface area contributed by atoms with Gasteiger partial charge >= 0.3 is 0 Å². The largest absolute Gasteiger partial charge is 0.396 e. The Bertz CT molecular complexity index is 566. The van der Waals surface area contributed by atoms with Crippen molar-refractivity contribution in [3.8, 4) is 0 Å². The topological polar surface area (TPSA) is 109 Å². The van der Waals surface area contributed by atoms with Crippen molar-refractivity contribution in [2.45, 2.75) is 11.3 Å². The Kier molecular flexibility index (Phi) is 4.26. The fraction of sp³-hybridized carbons (Fsp3) is 0.500. The molecular formula is C10H15ClN4O3S. The van der Waals surface area contributed by atoms with E-state index < -0.39 is 10.0 Å². The third-order valence-corrected chi connectivity index (χ3v) is 5.22. The minimum Gasteiger partial charge on any atom is -0.396 e. The third kappa shape index (κ3) is 2.82. The van der Waals surface area contributed by atoms with Crippen molar-refractivity contribution in [3.63, 3.8) is 0 Å². The van der Waals surface area contributed by atoms with Gasteiger partial charge in [0.15, 0.2) is 5.82 Å². The van der Waals surface area contributed by atoms with Crippen molar-refractivity contribution in [2.24, 2.45) is 11.8 Å². The van der Waals surface area contributed by atoms with Crippen molar-refractivity contribution in [1.29, 1.82) is 0 Å². The molecular weight excluding hydrogens is 292 g/mol. The maximum Gasteiger partial charge on any atom is 0.244 e. The molecule has 1 aliphatic heterocycles. The predicted molar refractivity (Wildman–Crippen MR) is 71.0 cm³/mol. The maximum absolute atomic E-state index is 12.3. The van der Waals surface area contributed by atoms with Crippen molar-refractivity contribution >= 4 is 27.4 Å². The highest BCUT2D eigenvalue weighted by molar-refractivity contribution is 7.89. The van der Waals surface area contributed by atoms with Gasteiger partial charge < -0.3 is 10.5 Å². The van der Waals surface area contributed by atoms with Gasteiger partial charge in [0, 0.05) is 25.9 Å². The maximum atomic E-state index is 12.3. The molecule has 0 aromatic carbocycles. The molecule has 9 heteroatoms. The molecule has 1 saturated heterocycles. The second-order valence-corrected chi connectivity index (χ2v) is 6.69. The van der Waals surface area contributed by atoms with Gasteiger partial charge in [-0.3, -0.25) is 0 Å². The molecule has 7 nitrogen and oxygen atoms in total. The highest BCUT2D eigenvalue weighted by Gasteiger charge is 2.32. The summed E-state index contributed by atoms with van der Waals surface area (Å²) in [4.78, 5) is 3.87. The monoisotopic (exact) mass is 306 g/mol. The van der Waals surface area contributed by atoms with E-state index in [0.717, 1.165) is 0 Å². The Morgan fingerprint density at radius 1 is 1.63 bits per heavy atom. The van der Waals surface area contributed by atoms with Crippen LogP contribution < -0.4 is 11.3 Å². The molecule has 106 valence electrons. The Balaban J connectivity index is 2.27. The lowest BCUT2D eigenvalue weighted by Gasteiger charge is -2.16. The zero-order chi connectivity index (χ0) is 14.0. The third-order valence-electron chi connectivity index (χ3n) is 3.10. The Labute approximate surface area is 116 Å². The number of nitrogens with zero attached hydrogens (tertiary/aromatic N) is 2. The number of halogens is 1. The standard InChI is InChI=1S/C10H15ClN4O3S/c11-9-3-8(4-13-10(9)14-12)19(17,18)15-2-1-7(5-15)6-16/h3-4,7,16H,1-2,5-6,12H2,(H,13,14). The number of anilines is 1.